The first-order valence-corrected chi connectivity index (χ1v) is 11.2. The van der Waals surface area contributed by atoms with E-state index in [9.17, 15) is 31.1 Å². The molecule has 0 unspecified atom stereocenters. The van der Waals surface area contributed by atoms with Crippen LogP contribution in [0.1, 0.15) is 23.0 Å². The summed E-state index contributed by atoms with van der Waals surface area (Å²) in [6.07, 6.45) is -9.16. The number of aromatic nitrogens is 4. The van der Waals surface area contributed by atoms with Gasteiger partial charge in [0.1, 0.15) is 34.7 Å². The van der Waals surface area contributed by atoms with Gasteiger partial charge in [-0.15, -0.1) is 0 Å². The maximum Gasteiger partial charge on any atom is 0.433 e. The predicted molar refractivity (Wildman–Crippen MR) is 117 cm³/mol. The van der Waals surface area contributed by atoms with E-state index in [1.54, 1.807) is 19.6 Å². The Morgan fingerprint density at radius 2 is 0.972 bits per heavy atom. The van der Waals surface area contributed by atoms with Crippen LogP contribution in [0.25, 0.3) is 0 Å². The van der Waals surface area contributed by atoms with Gasteiger partial charge in [0, 0.05) is 64.5 Å². The van der Waals surface area contributed by atoms with Crippen molar-refractivity contribution in [3.05, 3.63) is 35.2 Å². The summed E-state index contributed by atoms with van der Waals surface area (Å²) in [5.41, 5.74) is -2.02. The van der Waals surface area contributed by atoms with Gasteiger partial charge in [-0.05, 0) is 13.8 Å². The van der Waals surface area contributed by atoms with Gasteiger partial charge in [-0.1, -0.05) is 0 Å². The fourth-order valence-electron chi connectivity index (χ4n) is 4.17. The number of amides is 2. The Balaban J connectivity index is 1.34. The molecule has 0 N–H and O–H groups in total. The van der Waals surface area contributed by atoms with Crippen LogP contribution in [0.5, 0.6) is 0 Å². The second-order valence-electron chi connectivity index (χ2n) is 8.54. The van der Waals surface area contributed by atoms with Crippen LogP contribution in [0.15, 0.2) is 12.1 Å². The lowest BCUT2D eigenvalue weighted by Crippen LogP contribution is -2.57. The first kappa shape index (κ1) is 25.7. The molecule has 0 bridgehead atoms. The van der Waals surface area contributed by atoms with Crippen molar-refractivity contribution >= 4 is 17.7 Å². The second-order valence-corrected chi connectivity index (χ2v) is 8.54. The Labute approximate surface area is 202 Å². The highest BCUT2D eigenvalue weighted by molar-refractivity contribution is 5.75. The van der Waals surface area contributed by atoms with E-state index in [1.807, 2.05) is 0 Å². The average molecular weight is 518 g/mol. The number of carbonyl (C=O) groups excluding carboxylic acids is 1. The highest BCUT2D eigenvalue weighted by atomic mass is 19.4. The summed E-state index contributed by atoms with van der Waals surface area (Å²) in [7, 11) is 0. The van der Waals surface area contributed by atoms with Gasteiger partial charge in [-0.2, -0.15) is 26.3 Å². The zero-order valence-corrected chi connectivity index (χ0v) is 19.6. The highest BCUT2D eigenvalue weighted by Crippen LogP contribution is 2.31. The number of halogens is 6. The zero-order valence-electron chi connectivity index (χ0n) is 19.6. The van der Waals surface area contributed by atoms with E-state index in [0.717, 1.165) is 12.1 Å². The Bertz CT molecular complexity index is 1020. The van der Waals surface area contributed by atoms with E-state index in [0.29, 0.717) is 52.4 Å². The molecule has 15 heteroatoms. The first-order chi connectivity index (χ1) is 16.8. The molecule has 4 rings (SSSR count). The molecule has 2 amide bonds. The Kier molecular flexibility index (Phi) is 6.84. The summed E-state index contributed by atoms with van der Waals surface area (Å²) in [5.74, 6) is 0.345. The third-order valence-corrected chi connectivity index (χ3v) is 5.98. The van der Waals surface area contributed by atoms with Crippen LogP contribution in [0.3, 0.4) is 0 Å². The highest BCUT2D eigenvalue weighted by Gasteiger charge is 2.36. The molecule has 2 aromatic rings. The maximum absolute atomic E-state index is 13.1. The summed E-state index contributed by atoms with van der Waals surface area (Å²) in [6.45, 7) is 5.19. The largest absolute Gasteiger partial charge is 0.433 e. The van der Waals surface area contributed by atoms with Gasteiger partial charge in [0.2, 0.25) is 0 Å². The number of rotatable bonds is 2. The number of hydrogen-bond acceptors (Lipinski definition) is 7. The summed E-state index contributed by atoms with van der Waals surface area (Å²) in [4.78, 5) is 34.7. The van der Waals surface area contributed by atoms with Crippen LogP contribution < -0.4 is 9.80 Å². The quantitative estimate of drug-likeness (QED) is 0.566. The molecule has 4 heterocycles. The minimum Gasteiger partial charge on any atom is -0.353 e. The molecule has 36 heavy (non-hydrogen) atoms. The molecule has 2 aliphatic heterocycles. The van der Waals surface area contributed by atoms with E-state index in [4.69, 9.17) is 0 Å². The van der Waals surface area contributed by atoms with E-state index < -0.39 is 23.7 Å². The van der Waals surface area contributed by atoms with Crippen molar-refractivity contribution in [3.8, 4) is 0 Å². The van der Waals surface area contributed by atoms with E-state index in [1.165, 1.54) is 13.8 Å². The number of aryl methyl sites for hydroxylation is 2. The molecule has 196 valence electrons. The molecule has 0 radical (unpaired) electrons. The molecule has 0 aliphatic carbocycles. The molecule has 2 aromatic heterocycles. The first-order valence-electron chi connectivity index (χ1n) is 11.2. The molecule has 9 nitrogen and oxygen atoms in total. The number of hydrogen-bond donors (Lipinski definition) is 0. The van der Waals surface area contributed by atoms with Crippen LogP contribution in [0.4, 0.5) is 42.8 Å². The lowest BCUT2D eigenvalue weighted by molar-refractivity contribution is -0.142. The SMILES string of the molecule is Cc1nc(N2CCN(C(=O)N3CCN(c4cc(C(F)(F)F)nc(C)n4)CC3)CC2)cc(C(F)(F)F)n1. The lowest BCUT2D eigenvalue weighted by Gasteiger charge is -2.41. The summed E-state index contributed by atoms with van der Waals surface area (Å²) in [5, 5.41) is 0. The van der Waals surface area contributed by atoms with Crippen LogP contribution in [0.2, 0.25) is 0 Å². The number of carbonyl (C=O) groups is 1. The van der Waals surface area contributed by atoms with Gasteiger partial charge in [0.15, 0.2) is 0 Å². The van der Waals surface area contributed by atoms with Gasteiger partial charge in [-0.25, -0.2) is 24.7 Å². The van der Waals surface area contributed by atoms with Crippen molar-refractivity contribution in [2.24, 2.45) is 0 Å². The smallest absolute Gasteiger partial charge is 0.353 e. The molecule has 2 fully saturated rings. The molecule has 0 saturated carbocycles. The van der Waals surface area contributed by atoms with Crippen LogP contribution >= 0.6 is 0 Å². The summed E-state index contributed by atoms with van der Waals surface area (Å²) < 4.78 is 78.5. The third kappa shape index (κ3) is 5.70. The lowest BCUT2D eigenvalue weighted by atomic mass is 10.2. The second kappa shape index (κ2) is 9.58. The van der Waals surface area contributed by atoms with Gasteiger partial charge < -0.3 is 19.6 Å². The topological polar surface area (TPSA) is 81.6 Å². The Morgan fingerprint density at radius 3 is 1.28 bits per heavy atom. The Hall–Kier alpha value is -3.39. The number of anilines is 2. The average Bonchev–Trinajstić information content (AvgIpc) is 2.82. The van der Waals surface area contributed by atoms with Crippen molar-refractivity contribution in [3.63, 3.8) is 0 Å². The van der Waals surface area contributed by atoms with E-state index in [2.05, 4.69) is 19.9 Å². The third-order valence-electron chi connectivity index (χ3n) is 5.98. The minimum absolute atomic E-state index is 0.0115. The molecular weight excluding hydrogens is 494 g/mol. The monoisotopic (exact) mass is 518 g/mol. The molecule has 0 atom stereocenters. The number of alkyl halides is 6. The van der Waals surface area contributed by atoms with Crippen LogP contribution in [-0.4, -0.2) is 88.1 Å². The molecule has 0 aromatic carbocycles. The van der Waals surface area contributed by atoms with Gasteiger partial charge >= 0.3 is 18.4 Å². The summed E-state index contributed by atoms with van der Waals surface area (Å²) in [6, 6.07) is 1.59. The van der Waals surface area contributed by atoms with Crippen molar-refractivity contribution in [2.45, 2.75) is 26.2 Å². The molecule has 0 spiro atoms. The Morgan fingerprint density at radius 1 is 0.639 bits per heavy atom. The van der Waals surface area contributed by atoms with Crippen molar-refractivity contribution in [1.82, 2.24) is 29.7 Å². The minimum atomic E-state index is -4.58. The van der Waals surface area contributed by atoms with Crippen LogP contribution in [0, 0.1) is 13.8 Å². The van der Waals surface area contributed by atoms with E-state index >= 15 is 0 Å². The predicted octanol–water partition coefficient (Wildman–Crippen LogP) is 2.99. The number of piperazine rings is 2. The molecule has 2 saturated heterocycles. The van der Waals surface area contributed by atoms with Gasteiger partial charge in [-0.3, -0.25) is 0 Å². The van der Waals surface area contributed by atoms with Crippen molar-refractivity contribution in [2.75, 3.05) is 62.2 Å². The summed E-state index contributed by atoms with van der Waals surface area (Å²) >= 11 is 0. The molecular formula is C21H24F6N8O. The normalized spacial score (nSPS) is 17.6. The van der Waals surface area contributed by atoms with Crippen molar-refractivity contribution in [1.29, 1.82) is 0 Å². The number of urea groups is 1. The fourth-order valence-corrected chi connectivity index (χ4v) is 4.17. The van der Waals surface area contributed by atoms with Gasteiger partial charge in [0.25, 0.3) is 0 Å². The molecule has 2 aliphatic rings. The van der Waals surface area contributed by atoms with E-state index in [-0.39, 0.29) is 29.3 Å². The van der Waals surface area contributed by atoms with Gasteiger partial charge in [0.05, 0.1) is 0 Å². The number of nitrogens with zero attached hydrogens (tertiary/aromatic N) is 8. The van der Waals surface area contributed by atoms with Crippen LogP contribution in [-0.2, 0) is 12.4 Å². The fraction of sp³-hybridized carbons (Fsp3) is 0.571. The standard InChI is InChI=1S/C21H24F6N8O/c1-13-28-15(20(22,23)24)11-17(30-13)32-3-7-34(8-4-32)19(36)35-9-5-33(6-10-35)18-12-16(21(25,26)27)29-14(2)31-18/h11-12H,3-10H2,1-2H3. The maximum atomic E-state index is 13.1. The zero-order chi connectivity index (χ0) is 26.3. The van der Waals surface area contributed by atoms with Crippen molar-refractivity contribution < 1.29 is 31.1 Å².